The molecule has 1 aliphatic heterocycles. The van der Waals surface area contributed by atoms with E-state index in [0.717, 1.165) is 24.5 Å². The fraction of sp³-hybridized carbons (Fsp3) is 0.889. The Kier molecular flexibility index (Phi) is 4.59. The van der Waals surface area contributed by atoms with E-state index in [4.69, 9.17) is 0 Å². The van der Waals surface area contributed by atoms with Crippen molar-refractivity contribution in [1.82, 2.24) is 4.90 Å². The normalized spacial score (nSPS) is 25.8. The van der Waals surface area contributed by atoms with Crippen molar-refractivity contribution in [2.24, 2.45) is 0 Å². The highest BCUT2D eigenvalue weighted by atomic mass is 79.9. The van der Waals surface area contributed by atoms with Crippen LogP contribution in [0.1, 0.15) is 20.3 Å². The van der Waals surface area contributed by atoms with Crippen molar-refractivity contribution < 1.29 is 4.79 Å². The van der Waals surface area contributed by atoms with E-state index in [0.29, 0.717) is 6.04 Å². The number of carbonyl (C=O) groups excluding carboxylic acids is 1. The summed E-state index contributed by atoms with van der Waals surface area (Å²) in [4.78, 5) is 13.8. The molecule has 4 heteroatoms. The van der Waals surface area contributed by atoms with Crippen molar-refractivity contribution in [1.29, 1.82) is 0 Å². The molecule has 1 amide bonds. The molecule has 0 bridgehead atoms. The molecule has 2 atom stereocenters. The molecule has 1 rings (SSSR count). The van der Waals surface area contributed by atoms with Crippen LogP contribution in [0.25, 0.3) is 0 Å². The third-order valence-corrected chi connectivity index (χ3v) is 4.51. The van der Waals surface area contributed by atoms with E-state index in [-0.39, 0.29) is 10.7 Å². The minimum atomic E-state index is 0.0121. The minimum absolute atomic E-state index is 0.0121. The van der Waals surface area contributed by atoms with Gasteiger partial charge in [0.05, 0.1) is 4.83 Å². The number of thioether (sulfide) groups is 1. The molecule has 0 aromatic carbocycles. The first-order valence-corrected chi connectivity index (χ1v) is 6.76. The molecule has 2 nitrogen and oxygen atoms in total. The molecule has 0 saturated carbocycles. The molecule has 0 aliphatic carbocycles. The van der Waals surface area contributed by atoms with Gasteiger partial charge in [-0.25, -0.2) is 0 Å². The van der Waals surface area contributed by atoms with Gasteiger partial charge in [0.25, 0.3) is 0 Å². The van der Waals surface area contributed by atoms with Gasteiger partial charge < -0.3 is 4.90 Å². The minimum Gasteiger partial charge on any atom is -0.337 e. The predicted molar refractivity (Wildman–Crippen MR) is 61.5 cm³/mol. The first-order chi connectivity index (χ1) is 6.16. The predicted octanol–water partition coefficient (Wildman–Crippen LogP) is 2.12. The van der Waals surface area contributed by atoms with Gasteiger partial charge >= 0.3 is 0 Å². The van der Waals surface area contributed by atoms with Gasteiger partial charge in [-0.15, -0.1) is 0 Å². The lowest BCUT2D eigenvalue weighted by molar-refractivity contribution is -0.131. The molecule has 0 radical (unpaired) electrons. The summed E-state index contributed by atoms with van der Waals surface area (Å²) in [5.41, 5.74) is 0. The molecule has 1 aliphatic rings. The highest BCUT2D eigenvalue weighted by Gasteiger charge is 2.26. The van der Waals surface area contributed by atoms with Crippen LogP contribution >= 0.6 is 27.7 Å². The maximum absolute atomic E-state index is 11.8. The van der Waals surface area contributed by atoms with Crippen molar-refractivity contribution in [3.63, 3.8) is 0 Å². The molecule has 0 spiro atoms. The Labute approximate surface area is 92.6 Å². The average Bonchev–Trinajstić information content (AvgIpc) is 2.16. The number of amides is 1. The first kappa shape index (κ1) is 11.4. The maximum atomic E-state index is 11.8. The van der Waals surface area contributed by atoms with Crippen molar-refractivity contribution in [2.75, 3.05) is 18.1 Å². The topological polar surface area (TPSA) is 20.3 Å². The monoisotopic (exact) mass is 265 g/mol. The van der Waals surface area contributed by atoms with Crippen molar-refractivity contribution in [3.05, 3.63) is 0 Å². The molecule has 0 aromatic heterocycles. The zero-order chi connectivity index (χ0) is 9.84. The molecule has 1 saturated heterocycles. The summed E-state index contributed by atoms with van der Waals surface area (Å²) in [5, 5.41) is 0. The number of halogens is 1. The maximum Gasteiger partial charge on any atom is 0.236 e. The average molecular weight is 266 g/mol. The molecule has 0 N–H and O–H groups in total. The Morgan fingerprint density at radius 2 is 2.46 bits per heavy atom. The van der Waals surface area contributed by atoms with Crippen LogP contribution < -0.4 is 0 Å². The largest absolute Gasteiger partial charge is 0.337 e. The Hall–Kier alpha value is 0.300. The van der Waals surface area contributed by atoms with Gasteiger partial charge in [-0.3, -0.25) is 4.79 Å². The van der Waals surface area contributed by atoms with Crippen LogP contribution in [-0.2, 0) is 4.79 Å². The Balaban J connectivity index is 2.53. The van der Waals surface area contributed by atoms with Crippen LogP contribution in [0.3, 0.4) is 0 Å². The molecule has 2 unspecified atom stereocenters. The van der Waals surface area contributed by atoms with E-state index in [9.17, 15) is 4.79 Å². The van der Waals surface area contributed by atoms with E-state index in [1.54, 1.807) is 0 Å². The van der Waals surface area contributed by atoms with Gasteiger partial charge in [0, 0.05) is 24.1 Å². The summed E-state index contributed by atoms with van der Waals surface area (Å²) in [5.74, 6) is 2.42. The van der Waals surface area contributed by atoms with Crippen LogP contribution in [-0.4, -0.2) is 39.7 Å². The molecule has 1 fully saturated rings. The molecule has 1 heterocycles. The first-order valence-electron chi connectivity index (χ1n) is 4.69. The highest BCUT2D eigenvalue weighted by molar-refractivity contribution is 9.10. The summed E-state index contributed by atoms with van der Waals surface area (Å²) < 4.78 is 0. The van der Waals surface area contributed by atoms with E-state index in [1.807, 2.05) is 23.6 Å². The summed E-state index contributed by atoms with van der Waals surface area (Å²) in [6.45, 7) is 5.06. The second-order valence-corrected chi connectivity index (χ2v) is 5.59. The van der Waals surface area contributed by atoms with Gasteiger partial charge in [-0.2, -0.15) is 11.8 Å². The molecular weight excluding hydrogens is 250 g/mol. The third-order valence-electron chi connectivity index (χ3n) is 2.28. The van der Waals surface area contributed by atoms with Crippen LogP contribution in [0, 0.1) is 0 Å². The van der Waals surface area contributed by atoms with Crippen LogP contribution in [0.2, 0.25) is 0 Å². The standard InChI is InChI=1S/C9H16BrNOS/c1-3-8(10)9(12)11-4-5-13-6-7(11)2/h7-8H,3-6H2,1-2H3. The van der Waals surface area contributed by atoms with E-state index >= 15 is 0 Å². The van der Waals surface area contributed by atoms with E-state index < -0.39 is 0 Å². The lowest BCUT2D eigenvalue weighted by Gasteiger charge is -2.34. The molecule has 76 valence electrons. The Morgan fingerprint density at radius 3 is 3.00 bits per heavy atom. The SMILES string of the molecule is CCC(Br)C(=O)N1CCSCC1C. The number of alkyl halides is 1. The van der Waals surface area contributed by atoms with Crippen LogP contribution in [0.5, 0.6) is 0 Å². The number of rotatable bonds is 2. The fourth-order valence-electron chi connectivity index (χ4n) is 1.41. The smallest absolute Gasteiger partial charge is 0.236 e. The van der Waals surface area contributed by atoms with E-state index in [2.05, 4.69) is 22.9 Å². The summed E-state index contributed by atoms with van der Waals surface area (Å²) in [7, 11) is 0. The van der Waals surface area contributed by atoms with Crippen molar-refractivity contribution in [3.8, 4) is 0 Å². The second kappa shape index (κ2) is 5.25. The quantitative estimate of drug-likeness (QED) is 0.714. The van der Waals surface area contributed by atoms with E-state index in [1.165, 1.54) is 0 Å². The number of hydrogen-bond acceptors (Lipinski definition) is 2. The fourth-order valence-corrected chi connectivity index (χ4v) is 2.69. The van der Waals surface area contributed by atoms with Gasteiger partial charge in [0.2, 0.25) is 5.91 Å². The Morgan fingerprint density at radius 1 is 1.77 bits per heavy atom. The summed E-state index contributed by atoms with van der Waals surface area (Å²) in [6.07, 6.45) is 0.870. The second-order valence-electron chi connectivity index (χ2n) is 3.33. The Bertz CT molecular complexity index is 188. The molecule has 0 aromatic rings. The molecule has 13 heavy (non-hydrogen) atoms. The van der Waals surface area contributed by atoms with Crippen molar-refractivity contribution in [2.45, 2.75) is 31.1 Å². The highest BCUT2D eigenvalue weighted by Crippen LogP contribution is 2.19. The van der Waals surface area contributed by atoms with Gasteiger partial charge in [-0.05, 0) is 13.3 Å². The molecular formula is C9H16BrNOS. The summed E-state index contributed by atoms with van der Waals surface area (Å²) >= 11 is 5.34. The lowest BCUT2D eigenvalue weighted by Crippen LogP contribution is -2.47. The van der Waals surface area contributed by atoms with Gasteiger partial charge in [0.1, 0.15) is 0 Å². The zero-order valence-corrected chi connectivity index (χ0v) is 10.5. The summed E-state index contributed by atoms with van der Waals surface area (Å²) in [6, 6.07) is 0.401. The van der Waals surface area contributed by atoms with Gasteiger partial charge in [-0.1, -0.05) is 22.9 Å². The van der Waals surface area contributed by atoms with Crippen LogP contribution in [0.4, 0.5) is 0 Å². The lowest BCUT2D eigenvalue weighted by atomic mass is 10.2. The van der Waals surface area contributed by atoms with Crippen molar-refractivity contribution >= 4 is 33.6 Å². The van der Waals surface area contributed by atoms with Gasteiger partial charge in [0.15, 0.2) is 0 Å². The number of nitrogens with zero attached hydrogens (tertiary/aromatic N) is 1. The number of hydrogen-bond donors (Lipinski definition) is 0. The third kappa shape index (κ3) is 2.88. The number of carbonyl (C=O) groups is 1. The zero-order valence-electron chi connectivity index (χ0n) is 8.12. The van der Waals surface area contributed by atoms with Crippen LogP contribution in [0.15, 0.2) is 0 Å².